The van der Waals surface area contributed by atoms with E-state index in [1.807, 2.05) is 6.92 Å². The Balaban J connectivity index is 0. The molecule has 0 heterocycles. The summed E-state index contributed by atoms with van der Waals surface area (Å²) in [6.45, 7) is 4.03. The summed E-state index contributed by atoms with van der Waals surface area (Å²) in [5, 5.41) is 17.5. The number of aliphatic hydroxyl groups is 2. The van der Waals surface area contributed by atoms with Crippen molar-refractivity contribution in [1.82, 2.24) is 0 Å². The van der Waals surface area contributed by atoms with Gasteiger partial charge in [0.05, 0.1) is 52.4 Å². The largest absolute Gasteiger partial charge is 0.394 e. The number of hydrogen-bond acceptors (Lipinski definition) is 7. The zero-order valence-electron chi connectivity index (χ0n) is 14.2. The molecule has 0 radical (unpaired) electrons. The van der Waals surface area contributed by atoms with Crippen molar-refractivity contribution in [1.29, 1.82) is 0 Å². The second-order valence-corrected chi connectivity index (χ2v) is 4.68. The Morgan fingerprint density at radius 3 is 2.00 bits per heavy atom. The van der Waals surface area contributed by atoms with E-state index in [1.54, 1.807) is 0 Å². The molecule has 0 aliphatic carbocycles. The molecule has 0 aliphatic heterocycles. The van der Waals surface area contributed by atoms with Crippen molar-refractivity contribution in [3.8, 4) is 0 Å². The number of ether oxygens (including phenoxy) is 3. The molecule has 0 aliphatic rings. The molecular formula is C16H32O7. The zero-order chi connectivity index (χ0) is 17.6. The number of carbonyl (C=O) groups is 2. The first-order valence-electron chi connectivity index (χ1n) is 8.12. The molecule has 0 fully saturated rings. The Morgan fingerprint density at radius 2 is 1.52 bits per heavy atom. The monoisotopic (exact) mass is 336 g/mol. The average Bonchev–Trinajstić information content (AvgIpc) is 2.57. The SMILES string of the molecule is CCCC=O.O=CCCCC(CO)OCCOCCOCCO. The Labute approximate surface area is 138 Å². The summed E-state index contributed by atoms with van der Waals surface area (Å²) in [6, 6.07) is 0. The summed E-state index contributed by atoms with van der Waals surface area (Å²) in [7, 11) is 0. The van der Waals surface area contributed by atoms with Crippen LogP contribution in [0, 0.1) is 0 Å². The lowest BCUT2D eigenvalue weighted by molar-refractivity contribution is -0.108. The molecule has 0 aromatic rings. The summed E-state index contributed by atoms with van der Waals surface area (Å²) in [6.07, 6.45) is 5.16. The van der Waals surface area contributed by atoms with Gasteiger partial charge in [-0.15, -0.1) is 0 Å². The predicted molar refractivity (Wildman–Crippen MR) is 86.4 cm³/mol. The van der Waals surface area contributed by atoms with Crippen LogP contribution >= 0.6 is 0 Å². The van der Waals surface area contributed by atoms with Crippen LogP contribution in [0.15, 0.2) is 0 Å². The number of aldehydes is 2. The van der Waals surface area contributed by atoms with Crippen LogP contribution in [0.4, 0.5) is 0 Å². The van der Waals surface area contributed by atoms with E-state index in [0.717, 1.165) is 25.4 Å². The van der Waals surface area contributed by atoms with E-state index in [0.29, 0.717) is 52.3 Å². The predicted octanol–water partition coefficient (Wildman–Crippen LogP) is 0.744. The van der Waals surface area contributed by atoms with Gasteiger partial charge in [0.15, 0.2) is 0 Å². The smallest absolute Gasteiger partial charge is 0.119 e. The Hall–Kier alpha value is -0.860. The minimum atomic E-state index is -0.223. The van der Waals surface area contributed by atoms with Crippen LogP contribution < -0.4 is 0 Å². The molecule has 2 N–H and O–H groups in total. The van der Waals surface area contributed by atoms with E-state index >= 15 is 0 Å². The number of carbonyl (C=O) groups excluding carboxylic acids is 2. The van der Waals surface area contributed by atoms with Crippen LogP contribution in [-0.2, 0) is 23.8 Å². The summed E-state index contributed by atoms with van der Waals surface area (Å²) in [5.74, 6) is 0. The van der Waals surface area contributed by atoms with E-state index in [2.05, 4.69) is 0 Å². The van der Waals surface area contributed by atoms with Crippen molar-refractivity contribution < 1.29 is 34.0 Å². The quantitative estimate of drug-likeness (QED) is 0.317. The fourth-order valence-electron chi connectivity index (χ4n) is 1.43. The summed E-state index contributed by atoms with van der Waals surface area (Å²) in [4.78, 5) is 19.5. The first-order chi connectivity index (χ1) is 11.3. The van der Waals surface area contributed by atoms with E-state index < -0.39 is 0 Å². The van der Waals surface area contributed by atoms with Gasteiger partial charge in [-0.1, -0.05) is 6.92 Å². The molecule has 7 heteroatoms. The maximum Gasteiger partial charge on any atom is 0.119 e. The molecule has 0 aromatic carbocycles. The van der Waals surface area contributed by atoms with Crippen LogP contribution in [0.5, 0.6) is 0 Å². The van der Waals surface area contributed by atoms with E-state index in [-0.39, 0.29) is 19.3 Å². The molecule has 0 aromatic heterocycles. The van der Waals surface area contributed by atoms with Crippen molar-refractivity contribution >= 4 is 12.6 Å². The summed E-state index contributed by atoms with van der Waals surface area (Å²) >= 11 is 0. The topological polar surface area (TPSA) is 102 Å². The van der Waals surface area contributed by atoms with Crippen molar-refractivity contribution in [2.45, 2.75) is 45.1 Å². The molecule has 0 bridgehead atoms. The first kappa shape index (κ1) is 24.4. The molecule has 23 heavy (non-hydrogen) atoms. The molecule has 0 saturated heterocycles. The van der Waals surface area contributed by atoms with Gasteiger partial charge < -0.3 is 34.0 Å². The highest BCUT2D eigenvalue weighted by molar-refractivity contribution is 5.49. The fourth-order valence-corrected chi connectivity index (χ4v) is 1.43. The molecule has 0 saturated carbocycles. The van der Waals surface area contributed by atoms with E-state index in [9.17, 15) is 9.59 Å². The molecule has 1 unspecified atom stereocenters. The summed E-state index contributed by atoms with van der Waals surface area (Å²) in [5.41, 5.74) is 0. The second-order valence-electron chi connectivity index (χ2n) is 4.68. The van der Waals surface area contributed by atoms with Gasteiger partial charge in [-0.25, -0.2) is 0 Å². The van der Waals surface area contributed by atoms with Crippen LogP contribution in [0.1, 0.15) is 39.0 Å². The molecule has 1 atom stereocenters. The van der Waals surface area contributed by atoms with Gasteiger partial charge in [-0.3, -0.25) is 0 Å². The van der Waals surface area contributed by atoms with Crippen molar-refractivity contribution in [3.05, 3.63) is 0 Å². The van der Waals surface area contributed by atoms with Crippen LogP contribution in [0.2, 0.25) is 0 Å². The highest BCUT2D eigenvalue weighted by Crippen LogP contribution is 2.03. The van der Waals surface area contributed by atoms with Gasteiger partial charge in [-0.05, 0) is 19.3 Å². The third-order valence-corrected chi connectivity index (χ3v) is 2.65. The zero-order valence-corrected chi connectivity index (χ0v) is 14.2. The maximum absolute atomic E-state index is 10.1. The van der Waals surface area contributed by atoms with Crippen LogP contribution in [0.25, 0.3) is 0 Å². The number of rotatable bonds is 16. The van der Waals surface area contributed by atoms with Crippen LogP contribution in [0.3, 0.4) is 0 Å². The van der Waals surface area contributed by atoms with Gasteiger partial charge in [0.25, 0.3) is 0 Å². The third-order valence-electron chi connectivity index (χ3n) is 2.65. The Kier molecular flexibility index (Phi) is 24.8. The molecule has 0 spiro atoms. The number of hydrogen-bond donors (Lipinski definition) is 2. The second kappa shape index (κ2) is 23.4. The number of aliphatic hydroxyl groups excluding tert-OH is 2. The molecule has 0 amide bonds. The standard InChI is InChI=1S/C12H24O6.C4H8O/c13-4-2-1-3-12(11-15)18-10-9-17-8-7-16-6-5-14;1-2-3-4-5/h4,12,14-15H,1-3,5-11H2;4H,2-3H2,1H3. The van der Waals surface area contributed by atoms with Crippen molar-refractivity contribution in [2.75, 3.05) is 46.2 Å². The van der Waals surface area contributed by atoms with Gasteiger partial charge in [0.1, 0.15) is 12.6 Å². The highest BCUT2D eigenvalue weighted by atomic mass is 16.5. The first-order valence-corrected chi connectivity index (χ1v) is 8.12. The molecule has 138 valence electrons. The lowest BCUT2D eigenvalue weighted by atomic mass is 10.2. The van der Waals surface area contributed by atoms with Crippen LogP contribution in [-0.4, -0.2) is 75.1 Å². The third kappa shape index (κ3) is 23.5. The normalized spacial score (nSPS) is 11.4. The van der Waals surface area contributed by atoms with E-state index in [1.165, 1.54) is 0 Å². The number of unbranched alkanes of at least 4 members (excludes halogenated alkanes) is 2. The lowest BCUT2D eigenvalue weighted by Gasteiger charge is -2.14. The molecule has 7 nitrogen and oxygen atoms in total. The van der Waals surface area contributed by atoms with Crippen molar-refractivity contribution in [3.63, 3.8) is 0 Å². The molecule has 0 rings (SSSR count). The summed E-state index contributed by atoms with van der Waals surface area (Å²) < 4.78 is 15.6. The lowest BCUT2D eigenvalue weighted by Crippen LogP contribution is -2.21. The van der Waals surface area contributed by atoms with Gasteiger partial charge in [0, 0.05) is 12.8 Å². The van der Waals surface area contributed by atoms with Gasteiger partial charge in [-0.2, -0.15) is 0 Å². The van der Waals surface area contributed by atoms with E-state index in [4.69, 9.17) is 24.4 Å². The maximum atomic E-state index is 10.1. The van der Waals surface area contributed by atoms with Crippen molar-refractivity contribution in [2.24, 2.45) is 0 Å². The Bertz CT molecular complexity index is 236. The molecular weight excluding hydrogens is 304 g/mol. The average molecular weight is 336 g/mol. The Morgan fingerprint density at radius 1 is 0.913 bits per heavy atom. The van der Waals surface area contributed by atoms with Gasteiger partial charge in [0.2, 0.25) is 0 Å². The minimum Gasteiger partial charge on any atom is -0.394 e. The minimum absolute atomic E-state index is 0.0160. The van der Waals surface area contributed by atoms with Gasteiger partial charge >= 0.3 is 0 Å². The fraction of sp³-hybridized carbons (Fsp3) is 0.875. The highest BCUT2D eigenvalue weighted by Gasteiger charge is 2.06.